The molecule has 0 aliphatic carbocycles. The number of rotatable bonds is 4. The van der Waals surface area contributed by atoms with E-state index in [4.69, 9.17) is 4.74 Å². The molecule has 0 spiro atoms. The molecule has 18 heavy (non-hydrogen) atoms. The normalized spacial score (nSPS) is 21.4. The van der Waals surface area contributed by atoms with E-state index < -0.39 is 6.04 Å². The lowest BCUT2D eigenvalue weighted by Gasteiger charge is -2.38. The van der Waals surface area contributed by atoms with Crippen LogP contribution in [0.15, 0.2) is 0 Å². The fourth-order valence-corrected chi connectivity index (χ4v) is 1.88. The number of nitrogens with one attached hydrogen (secondary N) is 1. The van der Waals surface area contributed by atoms with Crippen molar-refractivity contribution < 1.29 is 14.3 Å². The van der Waals surface area contributed by atoms with Gasteiger partial charge in [0.15, 0.2) is 0 Å². The maximum absolute atomic E-state index is 12.2. The van der Waals surface area contributed by atoms with Crippen molar-refractivity contribution >= 4 is 11.8 Å². The summed E-state index contributed by atoms with van der Waals surface area (Å²) in [6, 6.07) is -0.446. The van der Waals surface area contributed by atoms with E-state index in [1.807, 2.05) is 34.6 Å². The number of carbonyl (C=O) groups excluding carboxylic acids is 2. The van der Waals surface area contributed by atoms with Gasteiger partial charge in [-0.25, -0.2) is 0 Å². The molecule has 1 heterocycles. The average molecular weight is 256 g/mol. The molecular formula is C13H24N2O3. The van der Waals surface area contributed by atoms with Gasteiger partial charge < -0.3 is 15.0 Å². The molecule has 1 saturated heterocycles. The van der Waals surface area contributed by atoms with Gasteiger partial charge in [-0.2, -0.15) is 0 Å². The second-order valence-electron chi connectivity index (χ2n) is 6.05. The van der Waals surface area contributed by atoms with E-state index >= 15 is 0 Å². The van der Waals surface area contributed by atoms with Crippen molar-refractivity contribution in [2.45, 2.75) is 46.8 Å². The Hall–Kier alpha value is -1.10. The number of ether oxygens (including phenoxy) is 1. The van der Waals surface area contributed by atoms with Crippen LogP contribution < -0.4 is 5.32 Å². The monoisotopic (exact) mass is 256 g/mol. The van der Waals surface area contributed by atoms with Gasteiger partial charge in [0.2, 0.25) is 11.8 Å². The van der Waals surface area contributed by atoms with Gasteiger partial charge in [0, 0.05) is 6.54 Å². The van der Waals surface area contributed by atoms with Crippen LogP contribution >= 0.6 is 0 Å². The molecule has 0 bridgehead atoms. The van der Waals surface area contributed by atoms with E-state index in [1.165, 1.54) is 0 Å². The number of nitrogens with zero attached hydrogens (tertiary/aromatic N) is 1. The molecule has 1 rings (SSSR count). The van der Waals surface area contributed by atoms with Gasteiger partial charge in [0.05, 0.1) is 19.3 Å². The van der Waals surface area contributed by atoms with Gasteiger partial charge in [-0.15, -0.1) is 0 Å². The Morgan fingerprint density at radius 3 is 2.50 bits per heavy atom. The molecule has 104 valence electrons. The summed E-state index contributed by atoms with van der Waals surface area (Å²) < 4.78 is 5.42. The molecule has 5 heteroatoms. The molecule has 0 aromatic rings. The third kappa shape index (κ3) is 3.98. The van der Waals surface area contributed by atoms with Crippen molar-refractivity contribution in [3.63, 3.8) is 0 Å². The summed E-state index contributed by atoms with van der Waals surface area (Å²) in [7, 11) is 0. The van der Waals surface area contributed by atoms with Crippen LogP contribution in [0.4, 0.5) is 0 Å². The predicted molar refractivity (Wildman–Crippen MR) is 69.1 cm³/mol. The number of piperazine rings is 1. The minimum Gasteiger partial charge on any atom is -0.377 e. The van der Waals surface area contributed by atoms with Crippen LogP contribution in [0.2, 0.25) is 0 Å². The van der Waals surface area contributed by atoms with Crippen LogP contribution in [-0.2, 0) is 14.3 Å². The van der Waals surface area contributed by atoms with Gasteiger partial charge >= 0.3 is 0 Å². The molecule has 2 amide bonds. The topological polar surface area (TPSA) is 58.6 Å². The molecular weight excluding hydrogens is 232 g/mol. The highest BCUT2D eigenvalue weighted by molar-refractivity contribution is 5.95. The highest BCUT2D eigenvalue weighted by Crippen LogP contribution is 2.23. The Morgan fingerprint density at radius 1 is 1.39 bits per heavy atom. The zero-order valence-electron chi connectivity index (χ0n) is 11.9. The Morgan fingerprint density at radius 2 is 2.00 bits per heavy atom. The summed E-state index contributed by atoms with van der Waals surface area (Å²) in [5.41, 5.74) is -0.273. The Kier molecular flexibility index (Phi) is 4.73. The summed E-state index contributed by atoms with van der Waals surface area (Å²) >= 11 is 0. The fourth-order valence-electron chi connectivity index (χ4n) is 1.88. The molecule has 1 unspecified atom stereocenters. The largest absolute Gasteiger partial charge is 0.377 e. The minimum atomic E-state index is -0.446. The van der Waals surface area contributed by atoms with Gasteiger partial charge in [-0.1, -0.05) is 20.8 Å². The van der Waals surface area contributed by atoms with Crippen molar-refractivity contribution in [3.05, 3.63) is 0 Å². The van der Waals surface area contributed by atoms with Crippen LogP contribution in [0.1, 0.15) is 34.6 Å². The van der Waals surface area contributed by atoms with Crippen LogP contribution in [0, 0.1) is 5.41 Å². The van der Waals surface area contributed by atoms with E-state index in [9.17, 15) is 9.59 Å². The maximum atomic E-state index is 12.2. The first kappa shape index (κ1) is 15.0. The van der Waals surface area contributed by atoms with E-state index in [-0.39, 0.29) is 29.9 Å². The van der Waals surface area contributed by atoms with Gasteiger partial charge in [0.25, 0.3) is 0 Å². The SMILES string of the molecule is CC(C)OCCN1CC(=O)NC(C(C)(C)C)C1=O. The highest BCUT2D eigenvalue weighted by Gasteiger charge is 2.39. The van der Waals surface area contributed by atoms with Gasteiger partial charge in [0.1, 0.15) is 6.04 Å². The Bertz CT molecular complexity index is 321. The average Bonchev–Trinajstić information content (AvgIpc) is 2.20. The molecule has 1 aliphatic rings. The van der Waals surface area contributed by atoms with E-state index in [0.29, 0.717) is 13.2 Å². The number of hydrogen-bond acceptors (Lipinski definition) is 3. The summed E-state index contributed by atoms with van der Waals surface area (Å²) in [5.74, 6) is -0.117. The van der Waals surface area contributed by atoms with E-state index in [1.54, 1.807) is 4.90 Å². The molecule has 1 atom stereocenters. The first-order chi connectivity index (χ1) is 8.21. The first-order valence-corrected chi connectivity index (χ1v) is 6.41. The minimum absolute atomic E-state index is 0.0190. The van der Waals surface area contributed by atoms with E-state index in [2.05, 4.69) is 5.32 Å². The van der Waals surface area contributed by atoms with E-state index in [0.717, 1.165) is 0 Å². The van der Waals surface area contributed by atoms with Crippen LogP contribution in [-0.4, -0.2) is 48.6 Å². The van der Waals surface area contributed by atoms with Crippen molar-refractivity contribution in [2.24, 2.45) is 5.41 Å². The standard InChI is InChI=1S/C13H24N2O3/c1-9(2)18-7-6-15-8-10(16)14-11(12(15)17)13(3,4)5/h9,11H,6-8H2,1-5H3,(H,14,16). The van der Waals surface area contributed by atoms with Crippen molar-refractivity contribution in [1.82, 2.24) is 10.2 Å². The molecule has 0 aromatic carbocycles. The number of amides is 2. The zero-order chi connectivity index (χ0) is 13.9. The lowest BCUT2D eigenvalue weighted by atomic mass is 9.85. The van der Waals surface area contributed by atoms with Gasteiger partial charge in [-0.3, -0.25) is 9.59 Å². The lowest BCUT2D eigenvalue weighted by molar-refractivity contribution is -0.148. The quantitative estimate of drug-likeness (QED) is 0.809. The molecule has 1 fully saturated rings. The number of hydrogen-bond donors (Lipinski definition) is 1. The zero-order valence-corrected chi connectivity index (χ0v) is 11.9. The second kappa shape index (κ2) is 5.69. The Balaban J connectivity index is 2.62. The molecule has 0 aromatic heterocycles. The summed E-state index contributed by atoms with van der Waals surface area (Å²) in [5, 5.41) is 2.76. The highest BCUT2D eigenvalue weighted by atomic mass is 16.5. The van der Waals surface area contributed by atoms with Crippen LogP contribution in [0.3, 0.4) is 0 Å². The molecule has 5 nitrogen and oxygen atoms in total. The molecule has 1 aliphatic heterocycles. The number of carbonyl (C=O) groups is 2. The summed E-state index contributed by atoms with van der Waals surface area (Å²) in [6.45, 7) is 10.8. The second-order valence-corrected chi connectivity index (χ2v) is 6.05. The van der Waals surface area contributed by atoms with Crippen molar-refractivity contribution in [3.8, 4) is 0 Å². The predicted octanol–water partition coefficient (Wildman–Crippen LogP) is 0.784. The Labute approximate surface area is 109 Å². The summed E-state index contributed by atoms with van der Waals surface area (Å²) in [6.07, 6.45) is 0.136. The summed E-state index contributed by atoms with van der Waals surface area (Å²) in [4.78, 5) is 25.5. The third-order valence-electron chi connectivity index (χ3n) is 2.88. The molecule has 0 radical (unpaired) electrons. The molecule has 0 saturated carbocycles. The first-order valence-electron chi connectivity index (χ1n) is 6.41. The lowest BCUT2D eigenvalue weighted by Crippen LogP contribution is -2.62. The van der Waals surface area contributed by atoms with Crippen molar-refractivity contribution in [2.75, 3.05) is 19.7 Å². The smallest absolute Gasteiger partial charge is 0.246 e. The van der Waals surface area contributed by atoms with Crippen LogP contribution in [0.25, 0.3) is 0 Å². The van der Waals surface area contributed by atoms with Crippen LogP contribution in [0.5, 0.6) is 0 Å². The molecule has 1 N–H and O–H groups in total. The van der Waals surface area contributed by atoms with Gasteiger partial charge in [-0.05, 0) is 19.3 Å². The van der Waals surface area contributed by atoms with Crippen molar-refractivity contribution in [1.29, 1.82) is 0 Å². The third-order valence-corrected chi connectivity index (χ3v) is 2.88. The maximum Gasteiger partial charge on any atom is 0.246 e. The fraction of sp³-hybridized carbons (Fsp3) is 0.846.